The molecule has 0 spiro atoms. The van der Waals surface area contributed by atoms with E-state index in [2.05, 4.69) is 44.5 Å². The minimum atomic E-state index is -0.645. The molecule has 2 N–H and O–H groups in total. The number of hydrogen-bond donors (Lipinski definition) is 2. The molecule has 3 heterocycles. The molecule has 0 bridgehead atoms. The summed E-state index contributed by atoms with van der Waals surface area (Å²) >= 11 is 0. The van der Waals surface area contributed by atoms with Gasteiger partial charge in [-0.1, -0.05) is 30.7 Å². The molecule has 8 nitrogen and oxygen atoms in total. The Balaban J connectivity index is 1.06. The molecule has 0 unspecified atom stereocenters. The predicted octanol–water partition coefficient (Wildman–Crippen LogP) is 2.21. The quantitative estimate of drug-likeness (QED) is 0.588. The zero-order valence-electron chi connectivity index (χ0n) is 20.9. The van der Waals surface area contributed by atoms with Gasteiger partial charge in [0.2, 0.25) is 5.91 Å². The third kappa shape index (κ3) is 6.10. The van der Waals surface area contributed by atoms with Crippen molar-refractivity contribution in [2.45, 2.75) is 57.6 Å². The molecule has 2 aliphatic heterocycles. The number of aliphatic hydroxyl groups excluding tert-OH is 1. The average molecular weight is 492 g/mol. The van der Waals surface area contributed by atoms with E-state index in [1.54, 1.807) is 6.07 Å². The molecular weight excluding hydrogens is 454 g/mol. The van der Waals surface area contributed by atoms with Crippen LogP contribution in [0.4, 0.5) is 0 Å². The second-order valence-electron chi connectivity index (χ2n) is 10.6. The van der Waals surface area contributed by atoms with Crippen LogP contribution >= 0.6 is 0 Å². The van der Waals surface area contributed by atoms with Crippen LogP contribution in [0, 0.1) is 11.8 Å². The fourth-order valence-corrected chi connectivity index (χ4v) is 5.57. The second-order valence-corrected chi connectivity index (χ2v) is 10.6. The Labute approximate surface area is 213 Å². The number of carbonyl (C=O) groups excluding carboxylic acids is 2. The van der Waals surface area contributed by atoms with Crippen LogP contribution in [0.1, 0.15) is 59.4 Å². The summed E-state index contributed by atoms with van der Waals surface area (Å²) in [5, 5.41) is 13.3. The fourth-order valence-electron chi connectivity index (χ4n) is 5.57. The van der Waals surface area contributed by atoms with Gasteiger partial charge in [0.1, 0.15) is 12.0 Å². The highest BCUT2D eigenvalue weighted by molar-refractivity contribution is 5.92. The van der Waals surface area contributed by atoms with Gasteiger partial charge in [0.25, 0.3) is 5.91 Å². The van der Waals surface area contributed by atoms with Gasteiger partial charge in [0, 0.05) is 50.9 Å². The molecule has 1 aromatic carbocycles. The third-order valence-corrected chi connectivity index (χ3v) is 8.01. The number of aromatic nitrogens is 2. The maximum Gasteiger partial charge on any atom is 0.270 e. The Hall–Kier alpha value is -2.84. The van der Waals surface area contributed by atoms with Gasteiger partial charge >= 0.3 is 0 Å². The summed E-state index contributed by atoms with van der Waals surface area (Å²) < 4.78 is 0. The van der Waals surface area contributed by atoms with E-state index in [0.29, 0.717) is 24.1 Å². The summed E-state index contributed by atoms with van der Waals surface area (Å²) in [4.78, 5) is 38.0. The van der Waals surface area contributed by atoms with Crippen molar-refractivity contribution in [1.29, 1.82) is 0 Å². The van der Waals surface area contributed by atoms with Crippen molar-refractivity contribution in [3.05, 3.63) is 59.2 Å². The van der Waals surface area contributed by atoms with E-state index in [1.165, 1.54) is 23.9 Å². The van der Waals surface area contributed by atoms with Gasteiger partial charge in [-0.25, -0.2) is 9.97 Å². The molecule has 36 heavy (non-hydrogen) atoms. The van der Waals surface area contributed by atoms with Gasteiger partial charge < -0.3 is 15.3 Å². The lowest BCUT2D eigenvalue weighted by Crippen LogP contribution is -2.43. The molecule has 1 aromatic heterocycles. The molecule has 2 aromatic rings. The topological polar surface area (TPSA) is 98.7 Å². The summed E-state index contributed by atoms with van der Waals surface area (Å²) in [6, 6.07) is 10.2. The lowest BCUT2D eigenvalue weighted by Gasteiger charge is -2.36. The highest BCUT2D eigenvalue weighted by atomic mass is 16.3. The van der Waals surface area contributed by atoms with Crippen molar-refractivity contribution >= 4 is 11.8 Å². The predicted molar refractivity (Wildman–Crippen MR) is 136 cm³/mol. The average Bonchev–Trinajstić information content (AvgIpc) is 2.87. The molecule has 1 aliphatic carbocycles. The molecule has 1 atom stereocenters. The molecular formula is C28H37N5O3. The lowest BCUT2D eigenvalue weighted by molar-refractivity contribution is -0.139. The van der Waals surface area contributed by atoms with Crippen LogP contribution in [0.5, 0.6) is 0 Å². The molecule has 192 valence electrons. The number of nitrogens with one attached hydrogen (secondary N) is 1. The molecule has 5 rings (SSSR count). The van der Waals surface area contributed by atoms with E-state index in [-0.39, 0.29) is 18.4 Å². The van der Waals surface area contributed by atoms with Crippen molar-refractivity contribution in [2.75, 3.05) is 32.7 Å². The maximum absolute atomic E-state index is 12.7. The largest absolute Gasteiger partial charge is 0.390 e. The third-order valence-electron chi connectivity index (χ3n) is 8.01. The Morgan fingerprint density at radius 1 is 1.06 bits per heavy atom. The van der Waals surface area contributed by atoms with Crippen LogP contribution in [-0.2, 0) is 24.2 Å². The second kappa shape index (κ2) is 11.5. The number of amides is 2. The number of β-amino-alcohol motifs (C(OH)–C–C–N with tert-alkyl or cyclic N) is 1. The van der Waals surface area contributed by atoms with Gasteiger partial charge in [-0.15, -0.1) is 0 Å². The molecule has 0 radical (unpaired) electrons. The number of likely N-dealkylation sites (tertiary alicyclic amines) is 1. The lowest BCUT2D eigenvalue weighted by atomic mass is 9.83. The van der Waals surface area contributed by atoms with Crippen molar-refractivity contribution in [1.82, 2.24) is 25.1 Å². The van der Waals surface area contributed by atoms with Crippen LogP contribution in [0.2, 0.25) is 0 Å². The Morgan fingerprint density at radius 2 is 1.83 bits per heavy atom. The van der Waals surface area contributed by atoms with E-state index >= 15 is 0 Å². The van der Waals surface area contributed by atoms with Gasteiger partial charge in [0.15, 0.2) is 0 Å². The monoisotopic (exact) mass is 491 g/mol. The zero-order chi connectivity index (χ0) is 24.9. The molecule has 8 heteroatoms. The first-order valence-corrected chi connectivity index (χ1v) is 13.4. The summed E-state index contributed by atoms with van der Waals surface area (Å²) in [6.07, 6.45) is 7.79. The smallest absolute Gasteiger partial charge is 0.270 e. The van der Waals surface area contributed by atoms with Gasteiger partial charge in [0.05, 0.1) is 6.10 Å². The maximum atomic E-state index is 12.7. The van der Waals surface area contributed by atoms with Crippen molar-refractivity contribution in [3.63, 3.8) is 0 Å². The van der Waals surface area contributed by atoms with Gasteiger partial charge in [-0.05, 0) is 61.6 Å². The van der Waals surface area contributed by atoms with E-state index in [0.717, 1.165) is 70.4 Å². The first-order chi connectivity index (χ1) is 17.5. The molecule has 1 saturated carbocycles. The first-order valence-electron chi connectivity index (χ1n) is 13.4. The van der Waals surface area contributed by atoms with E-state index in [9.17, 15) is 14.7 Å². The van der Waals surface area contributed by atoms with E-state index < -0.39 is 6.10 Å². The van der Waals surface area contributed by atoms with Crippen molar-refractivity contribution in [2.24, 2.45) is 11.8 Å². The summed E-state index contributed by atoms with van der Waals surface area (Å²) in [5.74, 6) is 0.771. The van der Waals surface area contributed by atoms with Gasteiger partial charge in [-0.3, -0.25) is 14.5 Å². The standard InChI is InChI=1S/C28H37N5O3/c34-25(18-32-11-10-21-4-1-2-5-23(21)17-32)16-29-27(35)26-15-24(30-19-31-26)14-20-8-12-33(13-9-20)28(36)22-6-3-7-22/h1-2,4-5,15,19-20,22,25,34H,3,6-14,16-18H2,(H,29,35)/t25-/m0/s1. The minimum Gasteiger partial charge on any atom is -0.390 e. The molecule has 2 fully saturated rings. The summed E-state index contributed by atoms with van der Waals surface area (Å²) in [6.45, 7) is 4.07. The number of fused-ring (bicyclic) bond motifs is 1. The summed E-state index contributed by atoms with van der Waals surface area (Å²) in [5.41, 5.74) is 3.87. The fraction of sp³-hybridized carbons (Fsp3) is 0.571. The SMILES string of the molecule is O=C(NC[C@H](O)CN1CCc2ccccc2C1)c1cc(CC2CCN(C(=O)C3CCC3)CC2)ncn1. The Kier molecular flexibility index (Phi) is 7.92. The Bertz CT molecular complexity index is 1060. The van der Waals surface area contributed by atoms with E-state index in [1.807, 2.05) is 4.90 Å². The van der Waals surface area contributed by atoms with E-state index in [4.69, 9.17) is 0 Å². The normalized spacial score (nSPS) is 19.9. The number of rotatable bonds is 8. The van der Waals surface area contributed by atoms with Crippen LogP contribution in [0.15, 0.2) is 36.7 Å². The number of hydrogen-bond acceptors (Lipinski definition) is 6. The van der Waals surface area contributed by atoms with Crippen LogP contribution in [-0.4, -0.2) is 75.5 Å². The highest BCUT2D eigenvalue weighted by Gasteiger charge is 2.31. The molecule has 2 amide bonds. The van der Waals surface area contributed by atoms with Crippen molar-refractivity contribution in [3.8, 4) is 0 Å². The highest BCUT2D eigenvalue weighted by Crippen LogP contribution is 2.30. The molecule has 3 aliphatic rings. The molecule has 1 saturated heterocycles. The minimum absolute atomic E-state index is 0.184. The number of aliphatic hydroxyl groups is 1. The van der Waals surface area contributed by atoms with Crippen LogP contribution in [0.25, 0.3) is 0 Å². The van der Waals surface area contributed by atoms with Crippen LogP contribution in [0.3, 0.4) is 0 Å². The number of nitrogens with zero attached hydrogens (tertiary/aromatic N) is 4. The number of benzene rings is 1. The van der Waals surface area contributed by atoms with Crippen LogP contribution < -0.4 is 5.32 Å². The first kappa shape index (κ1) is 24.8. The van der Waals surface area contributed by atoms with Crippen molar-refractivity contribution < 1.29 is 14.7 Å². The van der Waals surface area contributed by atoms with Gasteiger partial charge in [-0.2, -0.15) is 0 Å². The Morgan fingerprint density at radius 3 is 2.58 bits per heavy atom. The summed E-state index contributed by atoms with van der Waals surface area (Å²) in [7, 11) is 0. The zero-order valence-corrected chi connectivity index (χ0v) is 20.9. The number of carbonyl (C=O) groups is 2. The number of piperidine rings is 1.